The van der Waals surface area contributed by atoms with Crippen LogP contribution in [0.3, 0.4) is 0 Å². The first-order valence-corrected chi connectivity index (χ1v) is 8.45. The molecule has 2 saturated carbocycles. The van der Waals surface area contributed by atoms with E-state index in [0.717, 1.165) is 58.2 Å². The van der Waals surface area contributed by atoms with Gasteiger partial charge in [-0.1, -0.05) is 0 Å². The molecule has 2 aliphatic carbocycles. The first-order valence-electron chi connectivity index (χ1n) is 8.45. The van der Waals surface area contributed by atoms with Crippen LogP contribution in [0.5, 0.6) is 0 Å². The lowest BCUT2D eigenvalue weighted by Crippen LogP contribution is -2.56. The Bertz CT molecular complexity index is 329. The minimum Gasteiger partial charge on any atom is -0.380 e. The predicted octanol–water partition coefficient (Wildman–Crippen LogP) is 1.23. The first kappa shape index (κ1) is 15.7. The van der Waals surface area contributed by atoms with Gasteiger partial charge in [-0.2, -0.15) is 0 Å². The molecule has 5 heteroatoms. The van der Waals surface area contributed by atoms with Crippen molar-refractivity contribution in [2.45, 2.75) is 50.0 Å². The van der Waals surface area contributed by atoms with Gasteiger partial charge in [-0.25, -0.2) is 0 Å². The van der Waals surface area contributed by atoms with Gasteiger partial charge in [0.05, 0.1) is 19.8 Å². The maximum atomic E-state index is 5.91. The number of nitrogens with one attached hydrogen (secondary N) is 1. The molecule has 0 aromatic heterocycles. The van der Waals surface area contributed by atoms with Gasteiger partial charge in [0.15, 0.2) is 5.79 Å². The SMILES string of the molecule is CNC1CCC2(CC1N(C)CCOCC1CC1)OCCO2. The molecule has 2 atom stereocenters. The van der Waals surface area contributed by atoms with E-state index in [1.165, 1.54) is 12.8 Å². The standard InChI is InChI=1S/C16H30N2O3/c1-17-14-5-6-16(20-9-10-21-16)11-15(14)18(2)7-8-19-12-13-3-4-13/h13-15,17H,3-12H2,1-2H3. The smallest absolute Gasteiger partial charge is 0.170 e. The van der Waals surface area contributed by atoms with Crippen molar-refractivity contribution in [2.75, 3.05) is 47.1 Å². The molecule has 0 amide bonds. The first-order chi connectivity index (χ1) is 10.2. The van der Waals surface area contributed by atoms with Crippen LogP contribution < -0.4 is 5.32 Å². The summed E-state index contributed by atoms with van der Waals surface area (Å²) in [7, 11) is 4.26. The topological polar surface area (TPSA) is 43.0 Å². The fourth-order valence-electron chi connectivity index (χ4n) is 3.60. The van der Waals surface area contributed by atoms with Gasteiger partial charge in [-0.15, -0.1) is 0 Å². The van der Waals surface area contributed by atoms with Gasteiger partial charge in [-0.3, -0.25) is 4.90 Å². The van der Waals surface area contributed by atoms with Crippen LogP contribution in [0.15, 0.2) is 0 Å². The molecule has 0 bridgehead atoms. The third kappa shape index (κ3) is 3.96. The molecule has 122 valence electrons. The zero-order chi connectivity index (χ0) is 14.7. The second-order valence-corrected chi connectivity index (χ2v) is 6.81. The molecule has 1 aliphatic heterocycles. The molecule has 1 N–H and O–H groups in total. The number of ether oxygens (including phenoxy) is 3. The molecule has 3 fully saturated rings. The Morgan fingerprint density at radius 3 is 2.67 bits per heavy atom. The molecule has 1 saturated heterocycles. The Hall–Kier alpha value is -0.200. The van der Waals surface area contributed by atoms with Crippen molar-refractivity contribution in [2.24, 2.45) is 5.92 Å². The average molecular weight is 298 g/mol. The second kappa shape index (κ2) is 6.92. The quantitative estimate of drug-likeness (QED) is 0.716. The largest absolute Gasteiger partial charge is 0.380 e. The zero-order valence-electron chi connectivity index (χ0n) is 13.5. The Morgan fingerprint density at radius 2 is 2.00 bits per heavy atom. The molecule has 0 aromatic rings. The molecule has 0 aromatic carbocycles. The van der Waals surface area contributed by atoms with E-state index in [4.69, 9.17) is 14.2 Å². The zero-order valence-corrected chi connectivity index (χ0v) is 13.5. The van der Waals surface area contributed by atoms with E-state index < -0.39 is 0 Å². The normalized spacial score (nSPS) is 32.1. The van der Waals surface area contributed by atoms with Crippen LogP contribution in [0.4, 0.5) is 0 Å². The van der Waals surface area contributed by atoms with E-state index >= 15 is 0 Å². The summed E-state index contributed by atoms with van der Waals surface area (Å²) in [5.41, 5.74) is 0. The fraction of sp³-hybridized carbons (Fsp3) is 1.00. The lowest BCUT2D eigenvalue weighted by atomic mass is 9.85. The van der Waals surface area contributed by atoms with Crippen LogP contribution >= 0.6 is 0 Å². The summed E-state index contributed by atoms with van der Waals surface area (Å²) in [6.45, 7) is 4.24. The monoisotopic (exact) mass is 298 g/mol. The summed E-state index contributed by atoms with van der Waals surface area (Å²) in [5.74, 6) is 0.528. The molecule has 3 rings (SSSR count). The maximum Gasteiger partial charge on any atom is 0.170 e. The van der Waals surface area contributed by atoms with E-state index in [1.54, 1.807) is 0 Å². The summed E-state index contributed by atoms with van der Waals surface area (Å²) in [5, 5.41) is 3.47. The highest BCUT2D eigenvalue weighted by atomic mass is 16.7. The number of hydrogen-bond acceptors (Lipinski definition) is 5. The summed E-state index contributed by atoms with van der Waals surface area (Å²) in [6.07, 6.45) is 5.78. The minimum absolute atomic E-state index is 0.318. The molecule has 2 unspecified atom stereocenters. The van der Waals surface area contributed by atoms with Crippen LogP contribution in [-0.4, -0.2) is 69.8 Å². The van der Waals surface area contributed by atoms with E-state index in [2.05, 4.69) is 24.3 Å². The van der Waals surface area contributed by atoms with Crippen molar-refractivity contribution in [1.82, 2.24) is 10.2 Å². The molecule has 5 nitrogen and oxygen atoms in total. The number of likely N-dealkylation sites (N-methyl/N-ethyl adjacent to an activating group) is 2. The number of rotatable bonds is 7. The summed E-state index contributed by atoms with van der Waals surface area (Å²) in [4.78, 5) is 2.42. The van der Waals surface area contributed by atoms with Crippen LogP contribution in [0.1, 0.15) is 32.1 Å². The molecule has 0 radical (unpaired) electrons. The number of nitrogens with zero attached hydrogens (tertiary/aromatic N) is 1. The van der Waals surface area contributed by atoms with Gasteiger partial charge in [0, 0.05) is 38.1 Å². The predicted molar refractivity (Wildman–Crippen MR) is 81.3 cm³/mol. The van der Waals surface area contributed by atoms with Gasteiger partial charge in [0.1, 0.15) is 0 Å². The highest BCUT2D eigenvalue weighted by Gasteiger charge is 2.45. The van der Waals surface area contributed by atoms with Crippen LogP contribution in [0.2, 0.25) is 0 Å². The Labute approximate surface area is 128 Å². The molecule has 1 spiro atoms. The molecule has 1 heterocycles. The third-order valence-corrected chi connectivity index (χ3v) is 5.21. The molecular weight excluding hydrogens is 268 g/mol. The highest BCUT2D eigenvalue weighted by molar-refractivity contribution is 4.95. The highest BCUT2D eigenvalue weighted by Crippen LogP contribution is 2.37. The second-order valence-electron chi connectivity index (χ2n) is 6.81. The molecule has 21 heavy (non-hydrogen) atoms. The van der Waals surface area contributed by atoms with Crippen molar-refractivity contribution in [3.05, 3.63) is 0 Å². The molecular formula is C16H30N2O3. The third-order valence-electron chi connectivity index (χ3n) is 5.21. The van der Waals surface area contributed by atoms with E-state index in [1.807, 2.05) is 0 Å². The van der Waals surface area contributed by atoms with Gasteiger partial charge in [0.25, 0.3) is 0 Å². The van der Waals surface area contributed by atoms with Gasteiger partial charge in [-0.05, 0) is 39.3 Å². The van der Waals surface area contributed by atoms with Crippen molar-refractivity contribution in [3.8, 4) is 0 Å². The minimum atomic E-state index is -0.318. The van der Waals surface area contributed by atoms with Gasteiger partial charge in [0.2, 0.25) is 0 Å². The summed E-state index contributed by atoms with van der Waals surface area (Å²) < 4.78 is 17.6. The average Bonchev–Trinajstić information content (AvgIpc) is 3.23. The van der Waals surface area contributed by atoms with Crippen molar-refractivity contribution >= 4 is 0 Å². The van der Waals surface area contributed by atoms with E-state index in [9.17, 15) is 0 Å². The van der Waals surface area contributed by atoms with Crippen LogP contribution in [-0.2, 0) is 14.2 Å². The Morgan fingerprint density at radius 1 is 1.24 bits per heavy atom. The summed E-state index contributed by atoms with van der Waals surface area (Å²) >= 11 is 0. The summed E-state index contributed by atoms with van der Waals surface area (Å²) in [6, 6.07) is 0.961. The lowest BCUT2D eigenvalue weighted by Gasteiger charge is -2.44. The number of hydrogen-bond donors (Lipinski definition) is 1. The van der Waals surface area contributed by atoms with Gasteiger partial charge < -0.3 is 19.5 Å². The van der Waals surface area contributed by atoms with Crippen LogP contribution in [0, 0.1) is 5.92 Å². The van der Waals surface area contributed by atoms with Crippen molar-refractivity contribution in [1.29, 1.82) is 0 Å². The Balaban J connectivity index is 1.48. The van der Waals surface area contributed by atoms with Gasteiger partial charge >= 0.3 is 0 Å². The van der Waals surface area contributed by atoms with E-state index in [-0.39, 0.29) is 5.79 Å². The lowest BCUT2D eigenvalue weighted by molar-refractivity contribution is -0.192. The fourth-order valence-corrected chi connectivity index (χ4v) is 3.60. The molecule has 3 aliphatic rings. The Kier molecular flexibility index (Phi) is 5.17. The maximum absolute atomic E-state index is 5.91. The van der Waals surface area contributed by atoms with E-state index in [0.29, 0.717) is 12.1 Å². The van der Waals surface area contributed by atoms with Crippen molar-refractivity contribution < 1.29 is 14.2 Å². The van der Waals surface area contributed by atoms with Crippen molar-refractivity contribution in [3.63, 3.8) is 0 Å². The van der Waals surface area contributed by atoms with Crippen LogP contribution in [0.25, 0.3) is 0 Å².